The SMILES string of the molecule is CCNC(CCCC(F)(F)F)c1cc(C)ccn1. The molecule has 102 valence electrons. The van der Waals surface area contributed by atoms with Crippen molar-refractivity contribution in [2.75, 3.05) is 6.54 Å². The Morgan fingerprint density at radius 2 is 2.11 bits per heavy atom. The molecule has 0 saturated heterocycles. The zero-order valence-electron chi connectivity index (χ0n) is 10.7. The minimum atomic E-state index is -4.07. The van der Waals surface area contributed by atoms with Crippen molar-refractivity contribution in [3.63, 3.8) is 0 Å². The fourth-order valence-corrected chi connectivity index (χ4v) is 1.86. The first-order valence-corrected chi connectivity index (χ1v) is 6.15. The molecule has 1 rings (SSSR count). The standard InChI is InChI=1S/C13H19F3N2/c1-3-17-11(5-4-7-13(14,15)16)12-9-10(2)6-8-18-12/h6,8-9,11,17H,3-5,7H2,1-2H3. The van der Waals surface area contributed by atoms with E-state index in [-0.39, 0.29) is 12.5 Å². The van der Waals surface area contributed by atoms with Crippen molar-refractivity contribution >= 4 is 0 Å². The summed E-state index contributed by atoms with van der Waals surface area (Å²) >= 11 is 0. The van der Waals surface area contributed by atoms with E-state index in [1.807, 2.05) is 26.0 Å². The Balaban J connectivity index is 2.60. The Morgan fingerprint density at radius 3 is 2.67 bits per heavy atom. The summed E-state index contributed by atoms with van der Waals surface area (Å²) in [7, 11) is 0. The van der Waals surface area contributed by atoms with Crippen molar-refractivity contribution in [2.45, 2.75) is 45.3 Å². The second-order valence-electron chi connectivity index (χ2n) is 4.38. The number of nitrogens with zero attached hydrogens (tertiary/aromatic N) is 1. The van der Waals surface area contributed by atoms with Gasteiger partial charge in [0.15, 0.2) is 0 Å². The van der Waals surface area contributed by atoms with Crippen LogP contribution < -0.4 is 5.32 Å². The minimum absolute atomic E-state index is 0.0998. The monoisotopic (exact) mass is 260 g/mol. The van der Waals surface area contributed by atoms with Crippen molar-refractivity contribution in [3.8, 4) is 0 Å². The summed E-state index contributed by atoms with van der Waals surface area (Å²) in [6, 6.07) is 3.70. The Hall–Kier alpha value is -1.10. The third-order valence-electron chi connectivity index (χ3n) is 2.70. The smallest absolute Gasteiger partial charge is 0.309 e. The van der Waals surface area contributed by atoms with Gasteiger partial charge in [-0.05, 0) is 44.0 Å². The molecule has 5 heteroatoms. The number of rotatable bonds is 6. The van der Waals surface area contributed by atoms with E-state index in [2.05, 4.69) is 10.3 Å². The predicted molar refractivity (Wildman–Crippen MR) is 65.3 cm³/mol. The molecule has 0 aliphatic carbocycles. The van der Waals surface area contributed by atoms with Crippen LogP contribution in [0.15, 0.2) is 18.3 Å². The van der Waals surface area contributed by atoms with Gasteiger partial charge in [0.1, 0.15) is 0 Å². The van der Waals surface area contributed by atoms with E-state index in [9.17, 15) is 13.2 Å². The quantitative estimate of drug-likeness (QED) is 0.842. The van der Waals surface area contributed by atoms with Gasteiger partial charge >= 0.3 is 6.18 Å². The normalized spacial score (nSPS) is 13.6. The van der Waals surface area contributed by atoms with Crippen LogP contribution in [0.1, 0.15) is 43.5 Å². The van der Waals surface area contributed by atoms with E-state index in [4.69, 9.17) is 0 Å². The second-order valence-corrected chi connectivity index (χ2v) is 4.38. The summed E-state index contributed by atoms with van der Waals surface area (Å²) in [6.07, 6.45) is -2.54. The Labute approximate surface area is 106 Å². The van der Waals surface area contributed by atoms with Gasteiger partial charge in [-0.15, -0.1) is 0 Å². The molecular weight excluding hydrogens is 241 g/mol. The molecule has 1 N–H and O–H groups in total. The lowest BCUT2D eigenvalue weighted by Gasteiger charge is -2.18. The molecule has 2 nitrogen and oxygen atoms in total. The highest BCUT2D eigenvalue weighted by Crippen LogP contribution is 2.25. The van der Waals surface area contributed by atoms with Crippen molar-refractivity contribution < 1.29 is 13.2 Å². The fourth-order valence-electron chi connectivity index (χ4n) is 1.86. The number of pyridine rings is 1. The van der Waals surface area contributed by atoms with Crippen molar-refractivity contribution in [3.05, 3.63) is 29.6 Å². The molecule has 1 heterocycles. The molecule has 0 amide bonds. The third-order valence-corrected chi connectivity index (χ3v) is 2.70. The predicted octanol–water partition coefficient (Wildman–Crippen LogP) is 3.77. The van der Waals surface area contributed by atoms with Gasteiger partial charge in [0, 0.05) is 18.7 Å². The van der Waals surface area contributed by atoms with E-state index in [1.54, 1.807) is 6.20 Å². The summed E-state index contributed by atoms with van der Waals surface area (Å²) in [5, 5.41) is 3.18. The molecule has 1 unspecified atom stereocenters. The molecule has 0 saturated carbocycles. The molecule has 0 spiro atoms. The number of nitrogens with one attached hydrogen (secondary N) is 1. The lowest BCUT2D eigenvalue weighted by Crippen LogP contribution is -2.22. The average molecular weight is 260 g/mol. The average Bonchev–Trinajstić information content (AvgIpc) is 2.26. The van der Waals surface area contributed by atoms with Crippen LogP contribution in [0.2, 0.25) is 0 Å². The summed E-state index contributed by atoms with van der Waals surface area (Å²) in [5.41, 5.74) is 1.89. The third kappa shape index (κ3) is 5.49. The molecule has 1 aromatic rings. The number of hydrogen-bond acceptors (Lipinski definition) is 2. The van der Waals surface area contributed by atoms with E-state index >= 15 is 0 Å². The Kier molecular flexibility index (Phi) is 5.59. The first kappa shape index (κ1) is 15.0. The highest BCUT2D eigenvalue weighted by atomic mass is 19.4. The molecule has 0 aliphatic rings. The second kappa shape index (κ2) is 6.73. The number of aryl methyl sites for hydroxylation is 1. The molecule has 0 fully saturated rings. The minimum Gasteiger partial charge on any atom is -0.309 e. The van der Waals surface area contributed by atoms with Gasteiger partial charge in [-0.2, -0.15) is 13.2 Å². The highest BCUT2D eigenvalue weighted by molar-refractivity contribution is 5.17. The van der Waals surface area contributed by atoms with E-state index in [0.29, 0.717) is 13.0 Å². The van der Waals surface area contributed by atoms with Crippen molar-refractivity contribution in [1.29, 1.82) is 0 Å². The fraction of sp³-hybridized carbons (Fsp3) is 0.615. The maximum atomic E-state index is 12.1. The largest absolute Gasteiger partial charge is 0.389 e. The summed E-state index contributed by atoms with van der Waals surface area (Å²) in [4.78, 5) is 4.23. The zero-order chi connectivity index (χ0) is 13.6. The van der Waals surface area contributed by atoms with Crippen LogP contribution in [0, 0.1) is 6.92 Å². The van der Waals surface area contributed by atoms with Crippen LogP contribution in [0.5, 0.6) is 0 Å². The number of alkyl halides is 3. The Bertz CT molecular complexity index is 363. The van der Waals surface area contributed by atoms with E-state index in [0.717, 1.165) is 11.3 Å². The molecule has 0 aliphatic heterocycles. The van der Waals surface area contributed by atoms with Gasteiger partial charge in [0.05, 0.1) is 5.69 Å². The van der Waals surface area contributed by atoms with E-state index in [1.165, 1.54) is 0 Å². The van der Waals surface area contributed by atoms with Crippen LogP contribution >= 0.6 is 0 Å². The van der Waals surface area contributed by atoms with E-state index < -0.39 is 12.6 Å². The van der Waals surface area contributed by atoms with Crippen LogP contribution in [-0.2, 0) is 0 Å². The summed E-state index contributed by atoms with van der Waals surface area (Å²) < 4.78 is 36.4. The first-order chi connectivity index (χ1) is 8.42. The number of hydrogen-bond donors (Lipinski definition) is 1. The molecule has 0 bridgehead atoms. The lowest BCUT2D eigenvalue weighted by atomic mass is 10.0. The lowest BCUT2D eigenvalue weighted by molar-refractivity contribution is -0.135. The van der Waals surface area contributed by atoms with Gasteiger partial charge in [-0.25, -0.2) is 0 Å². The van der Waals surface area contributed by atoms with Crippen LogP contribution in [0.25, 0.3) is 0 Å². The maximum Gasteiger partial charge on any atom is 0.389 e. The molecule has 1 aromatic heterocycles. The topological polar surface area (TPSA) is 24.9 Å². The van der Waals surface area contributed by atoms with Crippen molar-refractivity contribution in [1.82, 2.24) is 10.3 Å². The summed E-state index contributed by atoms with van der Waals surface area (Å²) in [5.74, 6) is 0. The molecular formula is C13H19F3N2. The molecule has 1 atom stereocenters. The van der Waals surface area contributed by atoms with Gasteiger partial charge in [0.2, 0.25) is 0 Å². The number of halogens is 3. The Morgan fingerprint density at radius 1 is 1.39 bits per heavy atom. The first-order valence-electron chi connectivity index (χ1n) is 6.15. The maximum absolute atomic E-state index is 12.1. The van der Waals surface area contributed by atoms with Crippen LogP contribution in [0.4, 0.5) is 13.2 Å². The van der Waals surface area contributed by atoms with Gasteiger partial charge in [-0.3, -0.25) is 4.98 Å². The van der Waals surface area contributed by atoms with Gasteiger partial charge in [-0.1, -0.05) is 6.92 Å². The molecule has 0 aromatic carbocycles. The number of aromatic nitrogens is 1. The van der Waals surface area contributed by atoms with Crippen LogP contribution in [0.3, 0.4) is 0 Å². The van der Waals surface area contributed by atoms with Gasteiger partial charge < -0.3 is 5.32 Å². The van der Waals surface area contributed by atoms with Crippen molar-refractivity contribution in [2.24, 2.45) is 0 Å². The molecule has 18 heavy (non-hydrogen) atoms. The zero-order valence-corrected chi connectivity index (χ0v) is 10.7. The molecule has 0 radical (unpaired) electrons. The van der Waals surface area contributed by atoms with Crippen LogP contribution in [-0.4, -0.2) is 17.7 Å². The highest BCUT2D eigenvalue weighted by Gasteiger charge is 2.27. The van der Waals surface area contributed by atoms with Gasteiger partial charge in [0.25, 0.3) is 0 Å². The summed E-state index contributed by atoms with van der Waals surface area (Å²) in [6.45, 7) is 4.60.